The molecule has 0 aliphatic heterocycles. The van der Waals surface area contributed by atoms with Crippen molar-refractivity contribution in [1.29, 1.82) is 0 Å². The summed E-state index contributed by atoms with van der Waals surface area (Å²) in [5.41, 5.74) is 2.38. The predicted molar refractivity (Wildman–Crippen MR) is 124 cm³/mol. The fraction of sp³-hybridized carbons (Fsp3) is 0.217. The number of hydrogen-bond acceptors (Lipinski definition) is 4. The minimum absolute atomic E-state index is 0.126. The lowest BCUT2D eigenvalue weighted by molar-refractivity contribution is 0.269. The summed E-state index contributed by atoms with van der Waals surface area (Å²) in [6.45, 7) is 2.93. The summed E-state index contributed by atoms with van der Waals surface area (Å²) >= 11 is 18.7. The van der Waals surface area contributed by atoms with E-state index in [4.69, 9.17) is 49.0 Å². The number of anilines is 1. The van der Waals surface area contributed by atoms with Gasteiger partial charge in [0.15, 0.2) is 11.5 Å². The van der Waals surface area contributed by atoms with Crippen molar-refractivity contribution in [2.45, 2.75) is 20.1 Å². The second-order valence-electron chi connectivity index (χ2n) is 6.57. The lowest BCUT2D eigenvalue weighted by atomic mass is 10.2. The molecule has 31 heavy (non-hydrogen) atoms. The minimum atomic E-state index is -0.406. The first kappa shape index (κ1) is 23.3. The van der Waals surface area contributed by atoms with Crippen molar-refractivity contribution >= 4 is 40.5 Å². The Morgan fingerprint density at radius 2 is 1.68 bits per heavy atom. The molecule has 1 N–H and O–H groups in total. The van der Waals surface area contributed by atoms with E-state index < -0.39 is 5.82 Å². The minimum Gasteiger partial charge on any atom is -0.495 e. The predicted octanol–water partition coefficient (Wildman–Crippen LogP) is 7.38. The largest absolute Gasteiger partial charge is 0.495 e. The van der Waals surface area contributed by atoms with Gasteiger partial charge in [0, 0.05) is 17.8 Å². The average Bonchev–Trinajstić information content (AvgIpc) is 2.73. The Morgan fingerprint density at radius 3 is 2.35 bits per heavy atom. The normalized spacial score (nSPS) is 10.6. The summed E-state index contributed by atoms with van der Waals surface area (Å²) in [7, 11) is 1.57. The third-order valence-corrected chi connectivity index (χ3v) is 5.33. The Morgan fingerprint density at radius 1 is 0.871 bits per heavy atom. The van der Waals surface area contributed by atoms with Gasteiger partial charge in [0.25, 0.3) is 0 Å². The van der Waals surface area contributed by atoms with Crippen molar-refractivity contribution in [2.24, 2.45) is 0 Å². The first-order valence-corrected chi connectivity index (χ1v) is 10.6. The summed E-state index contributed by atoms with van der Waals surface area (Å²) in [4.78, 5) is 0. The van der Waals surface area contributed by atoms with Crippen LogP contribution in [0, 0.1) is 5.82 Å². The van der Waals surface area contributed by atoms with Gasteiger partial charge in [0.1, 0.15) is 18.2 Å². The van der Waals surface area contributed by atoms with Crippen LogP contribution >= 0.6 is 34.8 Å². The van der Waals surface area contributed by atoms with Crippen LogP contribution < -0.4 is 19.5 Å². The Bertz CT molecular complexity index is 1060. The molecule has 164 valence electrons. The van der Waals surface area contributed by atoms with E-state index in [1.165, 1.54) is 12.1 Å². The SMILES string of the molecule is CCOc1cc(CNc2ccc(OC)c(Cl)c2)cc(Cl)c1OCc1ccc(F)cc1Cl. The standard InChI is InChI=1S/C23H21Cl3FNO3/c1-3-30-22-9-14(12-28-17-6-7-21(29-2)19(25)11-17)8-20(26)23(22)31-13-15-4-5-16(27)10-18(15)24/h4-11,28H,3,12-13H2,1-2H3. The molecule has 0 atom stereocenters. The number of halogens is 4. The van der Waals surface area contributed by atoms with E-state index in [1.54, 1.807) is 31.4 Å². The summed E-state index contributed by atoms with van der Waals surface area (Å²) in [6, 6.07) is 13.3. The highest BCUT2D eigenvalue weighted by atomic mass is 35.5. The molecule has 0 saturated heterocycles. The van der Waals surface area contributed by atoms with Crippen LogP contribution in [0.3, 0.4) is 0 Å². The molecule has 0 aliphatic carbocycles. The Labute approximate surface area is 195 Å². The number of ether oxygens (including phenoxy) is 3. The molecule has 0 heterocycles. The topological polar surface area (TPSA) is 39.7 Å². The van der Waals surface area contributed by atoms with Crippen LogP contribution in [0.5, 0.6) is 17.2 Å². The molecule has 0 aromatic heterocycles. The number of nitrogens with one attached hydrogen (secondary N) is 1. The van der Waals surface area contributed by atoms with Gasteiger partial charge in [-0.2, -0.15) is 0 Å². The van der Waals surface area contributed by atoms with Crippen molar-refractivity contribution in [2.75, 3.05) is 19.0 Å². The molecule has 0 unspecified atom stereocenters. The van der Waals surface area contributed by atoms with E-state index in [1.807, 2.05) is 19.1 Å². The van der Waals surface area contributed by atoms with Gasteiger partial charge in [-0.15, -0.1) is 0 Å². The monoisotopic (exact) mass is 483 g/mol. The number of methoxy groups -OCH3 is 1. The summed E-state index contributed by atoms with van der Waals surface area (Å²) in [5, 5.41) is 4.49. The molecule has 0 saturated carbocycles. The molecule has 0 radical (unpaired) electrons. The van der Waals surface area contributed by atoms with Gasteiger partial charge in [0.05, 0.1) is 28.8 Å². The zero-order valence-electron chi connectivity index (χ0n) is 17.0. The van der Waals surface area contributed by atoms with Crippen molar-refractivity contribution in [1.82, 2.24) is 0 Å². The Kier molecular flexibility index (Phi) is 8.13. The van der Waals surface area contributed by atoms with Crippen LogP contribution in [0.15, 0.2) is 48.5 Å². The van der Waals surface area contributed by atoms with Crippen LogP contribution in [0.4, 0.5) is 10.1 Å². The molecule has 0 aliphatic rings. The number of rotatable bonds is 9. The molecule has 0 spiro atoms. The smallest absolute Gasteiger partial charge is 0.180 e. The van der Waals surface area contributed by atoms with Crippen molar-refractivity contribution in [3.8, 4) is 17.2 Å². The molecule has 8 heteroatoms. The van der Waals surface area contributed by atoms with Crippen molar-refractivity contribution < 1.29 is 18.6 Å². The zero-order chi connectivity index (χ0) is 22.4. The molecule has 0 fully saturated rings. The Balaban J connectivity index is 1.75. The second-order valence-corrected chi connectivity index (χ2v) is 7.79. The summed E-state index contributed by atoms with van der Waals surface area (Å²) in [6.07, 6.45) is 0. The van der Waals surface area contributed by atoms with Crippen LogP contribution in [0.25, 0.3) is 0 Å². The highest BCUT2D eigenvalue weighted by Gasteiger charge is 2.14. The molecular formula is C23H21Cl3FNO3. The summed E-state index contributed by atoms with van der Waals surface area (Å²) in [5.74, 6) is 1.12. The summed E-state index contributed by atoms with van der Waals surface area (Å²) < 4.78 is 30.0. The highest BCUT2D eigenvalue weighted by molar-refractivity contribution is 6.32. The molecule has 3 aromatic rings. The maximum atomic E-state index is 13.3. The molecule has 3 rings (SSSR count). The average molecular weight is 485 g/mol. The van der Waals surface area contributed by atoms with Crippen LogP contribution in [-0.4, -0.2) is 13.7 Å². The van der Waals surface area contributed by atoms with E-state index in [0.29, 0.717) is 46.0 Å². The fourth-order valence-corrected chi connectivity index (χ4v) is 3.66. The Hall–Kier alpha value is -2.34. The van der Waals surface area contributed by atoms with Gasteiger partial charge in [0.2, 0.25) is 0 Å². The van der Waals surface area contributed by atoms with E-state index in [0.717, 1.165) is 11.3 Å². The van der Waals surface area contributed by atoms with Crippen LogP contribution in [0.1, 0.15) is 18.1 Å². The van der Waals surface area contributed by atoms with Gasteiger partial charge in [-0.05, 0) is 55.0 Å². The van der Waals surface area contributed by atoms with Gasteiger partial charge in [-0.25, -0.2) is 4.39 Å². The maximum absolute atomic E-state index is 13.3. The van der Waals surface area contributed by atoms with E-state index >= 15 is 0 Å². The molecule has 0 bridgehead atoms. The van der Waals surface area contributed by atoms with E-state index in [2.05, 4.69) is 5.32 Å². The highest BCUT2D eigenvalue weighted by Crippen LogP contribution is 2.38. The molecular weight excluding hydrogens is 464 g/mol. The van der Waals surface area contributed by atoms with Crippen LogP contribution in [-0.2, 0) is 13.2 Å². The molecule has 3 aromatic carbocycles. The number of benzene rings is 3. The maximum Gasteiger partial charge on any atom is 0.180 e. The van der Waals surface area contributed by atoms with E-state index in [9.17, 15) is 4.39 Å². The van der Waals surface area contributed by atoms with E-state index in [-0.39, 0.29) is 11.6 Å². The molecule has 0 amide bonds. The third-order valence-electron chi connectivity index (χ3n) is 4.40. The fourth-order valence-electron chi connectivity index (χ4n) is 2.90. The lowest BCUT2D eigenvalue weighted by Gasteiger charge is -2.16. The zero-order valence-corrected chi connectivity index (χ0v) is 19.2. The lowest BCUT2D eigenvalue weighted by Crippen LogP contribution is -2.04. The number of hydrogen-bond donors (Lipinski definition) is 1. The third kappa shape index (κ3) is 6.10. The van der Waals surface area contributed by atoms with Gasteiger partial charge >= 0.3 is 0 Å². The van der Waals surface area contributed by atoms with Gasteiger partial charge < -0.3 is 19.5 Å². The first-order chi connectivity index (χ1) is 14.9. The van der Waals surface area contributed by atoms with Crippen LogP contribution in [0.2, 0.25) is 15.1 Å². The molecule has 4 nitrogen and oxygen atoms in total. The van der Waals surface area contributed by atoms with Crippen molar-refractivity contribution in [3.05, 3.63) is 80.5 Å². The second kappa shape index (κ2) is 10.8. The van der Waals surface area contributed by atoms with Gasteiger partial charge in [-0.1, -0.05) is 40.9 Å². The van der Waals surface area contributed by atoms with Gasteiger partial charge in [-0.3, -0.25) is 0 Å². The van der Waals surface area contributed by atoms with Crippen molar-refractivity contribution in [3.63, 3.8) is 0 Å². The quantitative estimate of drug-likeness (QED) is 0.344. The first-order valence-electron chi connectivity index (χ1n) is 9.50.